The topological polar surface area (TPSA) is 61.4 Å². The van der Waals surface area contributed by atoms with Crippen LogP contribution in [-0.2, 0) is 4.74 Å². The highest BCUT2D eigenvalue weighted by molar-refractivity contribution is 9.11. The highest BCUT2D eigenvalue weighted by Crippen LogP contribution is 2.27. The number of rotatable bonds is 0. The Bertz CT molecular complexity index is 628. The Hall–Kier alpha value is -1.08. The third-order valence-electron chi connectivity index (χ3n) is 1.96. The van der Waals surface area contributed by atoms with Crippen LogP contribution in [0.5, 0.6) is 0 Å². The molecule has 0 aliphatic carbocycles. The Kier molecular flexibility index (Phi) is 2.90. The number of ether oxygens (including phenoxy) is 1. The van der Waals surface area contributed by atoms with E-state index in [1.807, 2.05) is 0 Å². The molecule has 0 aliphatic heterocycles. The van der Waals surface area contributed by atoms with Gasteiger partial charge in [0.15, 0.2) is 5.58 Å². The fourth-order valence-electron chi connectivity index (χ4n) is 1.31. The number of hydrogen-bond acceptors (Lipinski definition) is 4. The molecule has 0 saturated heterocycles. The summed E-state index contributed by atoms with van der Waals surface area (Å²) in [5.41, 5.74) is 0.650. The van der Waals surface area contributed by atoms with E-state index in [2.05, 4.69) is 36.6 Å². The summed E-state index contributed by atoms with van der Waals surface area (Å²) in [4.78, 5) is 22.8. The van der Waals surface area contributed by atoms with Crippen molar-refractivity contribution in [2.45, 2.75) is 0 Å². The third kappa shape index (κ3) is 1.69. The van der Waals surface area contributed by atoms with Crippen molar-refractivity contribution in [3.63, 3.8) is 0 Å². The summed E-state index contributed by atoms with van der Waals surface area (Å²) in [6, 6.07) is 3.31. The number of carbonyl (C=O) groups excluding carboxylic acids is 1. The average molecular weight is 351 g/mol. The summed E-state index contributed by atoms with van der Waals surface area (Å²) in [6.07, 6.45) is -0.784. The van der Waals surface area contributed by atoms with E-state index < -0.39 is 11.8 Å². The van der Waals surface area contributed by atoms with Gasteiger partial charge < -0.3 is 9.15 Å². The molecule has 0 fully saturated rings. The molecule has 0 atom stereocenters. The van der Waals surface area contributed by atoms with E-state index in [1.165, 1.54) is 7.11 Å². The zero-order valence-corrected chi connectivity index (χ0v) is 11.2. The number of halogens is 2. The van der Waals surface area contributed by atoms with Gasteiger partial charge in [0, 0.05) is 4.47 Å². The van der Waals surface area contributed by atoms with Crippen molar-refractivity contribution in [3.8, 4) is 0 Å². The van der Waals surface area contributed by atoms with Crippen molar-refractivity contribution in [3.05, 3.63) is 31.6 Å². The van der Waals surface area contributed by atoms with Crippen LogP contribution >= 0.6 is 31.9 Å². The van der Waals surface area contributed by atoms with Gasteiger partial charge in [0.25, 0.3) is 0 Å². The quantitative estimate of drug-likeness (QED) is 0.733. The van der Waals surface area contributed by atoms with Crippen molar-refractivity contribution in [2.75, 3.05) is 7.11 Å². The monoisotopic (exact) mass is 349 g/mol. The lowest BCUT2D eigenvalue weighted by atomic mass is 10.3. The second kappa shape index (κ2) is 4.06. The van der Waals surface area contributed by atoms with Crippen LogP contribution < -0.4 is 5.76 Å². The van der Waals surface area contributed by atoms with Gasteiger partial charge in [-0.1, -0.05) is 15.9 Å². The molecule has 1 aromatic carbocycles. The van der Waals surface area contributed by atoms with Gasteiger partial charge in [-0.05, 0) is 28.1 Å². The first kappa shape index (κ1) is 11.4. The lowest BCUT2D eigenvalue weighted by molar-refractivity contribution is 0.171. The first-order valence-electron chi connectivity index (χ1n) is 4.13. The van der Waals surface area contributed by atoms with Crippen molar-refractivity contribution >= 4 is 49.1 Å². The van der Waals surface area contributed by atoms with Crippen LogP contribution in [0.15, 0.2) is 30.3 Å². The fraction of sp³-hybridized carbons (Fsp3) is 0.111. The van der Waals surface area contributed by atoms with E-state index in [0.717, 1.165) is 4.57 Å². The molecule has 84 valence electrons. The highest BCUT2D eigenvalue weighted by Gasteiger charge is 2.18. The van der Waals surface area contributed by atoms with Crippen LogP contribution in [0.2, 0.25) is 0 Å². The molecule has 2 rings (SSSR count). The third-order valence-corrected chi connectivity index (χ3v) is 3.01. The zero-order valence-electron chi connectivity index (χ0n) is 7.99. The van der Waals surface area contributed by atoms with Gasteiger partial charge in [0.05, 0.1) is 11.6 Å². The first-order chi connectivity index (χ1) is 7.54. The molecule has 16 heavy (non-hydrogen) atoms. The van der Waals surface area contributed by atoms with Crippen molar-refractivity contribution in [1.82, 2.24) is 4.57 Å². The van der Waals surface area contributed by atoms with E-state index in [0.29, 0.717) is 20.0 Å². The number of fused-ring (bicyclic) bond motifs is 1. The summed E-state index contributed by atoms with van der Waals surface area (Å²) in [5.74, 6) is -0.777. The summed E-state index contributed by atoms with van der Waals surface area (Å²) in [6.45, 7) is 0. The van der Waals surface area contributed by atoms with Crippen LogP contribution in [0.25, 0.3) is 11.1 Å². The summed E-state index contributed by atoms with van der Waals surface area (Å²) < 4.78 is 11.6. The molecule has 0 unspecified atom stereocenters. The number of carbonyl (C=O) groups is 1. The first-order valence-corrected chi connectivity index (χ1v) is 5.72. The molecule has 0 aliphatic rings. The second-order valence-electron chi connectivity index (χ2n) is 2.91. The Labute approximate surface area is 106 Å². The van der Waals surface area contributed by atoms with Crippen LogP contribution in [-0.4, -0.2) is 17.8 Å². The molecule has 0 spiro atoms. The molecule has 7 heteroatoms. The van der Waals surface area contributed by atoms with Gasteiger partial charge in [0.1, 0.15) is 5.52 Å². The number of methoxy groups -OCH3 is 1. The lowest BCUT2D eigenvalue weighted by Crippen LogP contribution is -2.22. The molecular weight excluding hydrogens is 346 g/mol. The standard InChI is InChI=1S/C9H5Br2NO4/c1-15-8(13)12-6-3-4(10)2-5(11)7(6)16-9(12)14/h2-3H,1H3. The SMILES string of the molecule is COC(=O)n1c(=O)oc2c(Br)cc(Br)cc21. The van der Waals surface area contributed by atoms with Gasteiger partial charge in [0.2, 0.25) is 0 Å². The van der Waals surface area contributed by atoms with Gasteiger partial charge >= 0.3 is 11.8 Å². The van der Waals surface area contributed by atoms with E-state index in [-0.39, 0.29) is 0 Å². The predicted molar refractivity (Wildman–Crippen MR) is 63.7 cm³/mol. The number of aromatic nitrogens is 1. The minimum absolute atomic E-state index is 0.304. The highest BCUT2D eigenvalue weighted by atomic mass is 79.9. The maximum atomic E-state index is 11.5. The van der Waals surface area contributed by atoms with E-state index >= 15 is 0 Å². The van der Waals surface area contributed by atoms with E-state index in [9.17, 15) is 9.59 Å². The number of benzene rings is 1. The van der Waals surface area contributed by atoms with Crippen molar-refractivity contribution in [1.29, 1.82) is 0 Å². The molecule has 0 N–H and O–H groups in total. The molecule has 5 nitrogen and oxygen atoms in total. The van der Waals surface area contributed by atoms with Gasteiger partial charge in [-0.2, -0.15) is 4.57 Å². The molecule has 0 saturated carbocycles. The molecule has 1 heterocycles. The molecule has 0 radical (unpaired) electrons. The predicted octanol–water partition coefficient (Wildman–Crippen LogP) is 2.73. The molecule has 0 amide bonds. The van der Waals surface area contributed by atoms with Gasteiger partial charge in [-0.3, -0.25) is 0 Å². The zero-order chi connectivity index (χ0) is 11.9. The van der Waals surface area contributed by atoms with Crippen molar-refractivity contribution < 1.29 is 13.9 Å². The Morgan fingerprint density at radius 1 is 1.44 bits per heavy atom. The summed E-state index contributed by atoms with van der Waals surface area (Å²) >= 11 is 6.50. The number of nitrogens with zero attached hydrogens (tertiary/aromatic N) is 1. The van der Waals surface area contributed by atoms with Crippen LogP contribution in [0.3, 0.4) is 0 Å². The summed E-state index contributed by atoms with van der Waals surface area (Å²) in [5, 5.41) is 0. The number of oxazole rings is 1. The largest absolute Gasteiger partial charge is 0.452 e. The molecule has 1 aromatic heterocycles. The number of hydrogen-bond donors (Lipinski definition) is 0. The van der Waals surface area contributed by atoms with Crippen molar-refractivity contribution in [2.24, 2.45) is 0 Å². The molecule has 0 bridgehead atoms. The smallest absolute Gasteiger partial charge is 0.429 e. The van der Waals surface area contributed by atoms with Crippen LogP contribution in [0.1, 0.15) is 0 Å². The second-order valence-corrected chi connectivity index (χ2v) is 4.68. The molecular formula is C9H5Br2NO4. The maximum Gasteiger partial charge on any atom is 0.429 e. The van der Waals surface area contributed by atoms with Crippen LogP contribution in [0, 0.1) is 0 Å². The normalized spacial score (nSPS) is 10.7. The summed E-state index contributed by atoms with van der Waals surface area (Å²) in [7, 11) is 1.20. The van der Waals surface area contributed by atoms with E-state index in [4.69, 9.17) is 4.42 Å². The average Bonchev–Trinajstić information content (AvgIpc) is 2.54. The van der Waals surface area contributed by atoms with E-state index in [1.54, 1.807) is 12.1 Å². The Balaban J connectivity index is 2.89. The minimum Gasteiger partial charge on any atom is -0.452 e. The van der Waals surface area contributed by atoms with Gasteiger partial charge in [-0.25, -0.2) is 9.59 Å². The fourth-order valence-corrected chi connectivity index (χ4v) is 2.59. The minimum atomic E-state index is -0.784. The van der Waals surface area contributed by atoms with Crippen LogP contribution in [0.4, 0.5) is 4.79 Å². The maximum absolute atomic E-state index is 11.5. The Morgan fingerprint density at radius 2 is 2.12 bits per heavy atom. The van der Waals surface area contributed by atoms with Gasteiger partial charge in [-0.15, -0.1) is 0 Å². The Morgan fingerprint density at radius 3 is 2.75 bits per heavy atom. The lowest BCUT2D eigenvalue weighted by Gasteiger charge is -1.99. The molecule has 2 aromatic rings.